The van der Waals surface area contributed by atoms with Gasteiger partial charge in [0.25, 0.3) is 0 Å². The molecule has 0 amide bonds. The standard InChI is InChI=1S/C9H9N3O/c1-7-8-3-2-4-10-9(8)12(11-7)5-6-13/h2-4,6H,5H2,1H3. The molecule has 0 N–H and O–H groups in total. The van der Waals surface area contributed by atoms with Crippen molar-refractivity contribution in [3.63, 3.8) is 0 Å². The first-order valence-electron chi connectivity index (χ1n) is 4.04. The maximum absolute atomic E-state index is 10.3. The highest BCUT2D eigenvalue weighted by molar-refractivity contribution is 5.78. The summed E-state index contributed by atoms with van der Waals surface area (Å²) >= 11 is 0. The van der Waals surface area contributed by atoms with E-state index >= 15 is 0 Å². The van der Waals surface area contributed by atoms with Crippen LogP contribution in [0.3, 0.4) is 0 Å². The monoisotopic (exact) mass is 175 g/mol. The van der Waals surface area contributed by atoms with Gasteiger partial charge in [0.2, 0.25) is 0 Å². The molecule has 4 heteroatoms. The summed E-state index contributed by atoms with van der Waals surface area (Å²) in [6.07, 6.45) is 2.52. The van der Waals surface area contributed by atoms with Crippen molar-refractivity contribution in [2.75, 3.05) is 0 Å². The lowest BCUT2D eigenvalue weighted by atomic mass is 10.3. The van der Waals surface area contributed by atoms with E-state index in [1.807, 2.05) is 19.1 Å². The van der Waals surface area contributed by atoms with Gasteiger partial charge in [0.1, 0.15) is 6.29 Å². The van der Waals surface area contributed by atoms with Crippen molar-refractivity contribution in [2.45, 2.75) is 13.5 Å². The predicted octanol–water partition coefficient (Wildman–Crippen LogP) is 0.939. The van der Waals surface area contributed by atoms with Gasteiger partial charge >= 0.3 is 0 Å². The Kier molecular flexibility index (Phi) is 1.81. The van der Waals surface area contributed by atoms with Gasteiger partial charge in [0.05, 0.1) is 12.2 Å². The van der Waals surface area contributed by atoms with Crippen molar-refractivity contribution < 1.29 is 4.79 Å². The fourth-order valence-electron chi connectivity index (χ4n) is 1.37. The number of rotatable bonds is 2. The van der Waals surface area contributed by atoms with Crippen molar-refractivity contribution >= 4 is 17.3 Å². The number of pyridine rings is 1. The molecule has 0 aliphatic rings. The number of carbonyl (C=O) groups is 1. The third kappa shape index (κ3) is 1.20. The van der Waals surface area contributed by atoms with Crippen LogP contribution in [0.4, 0.5) is 0 Å². The third-order valence-corrected chi connectivity index (χ3v) is 1.94. The normalized spacial score (nSPS) is 10.5. The molecule has 13 heavy (non-hydrogen) atoms. The zero-order valence-electron chi connectivity index (χ0n) is 7.27. The Morgan fingerprint density at radius 1 is 1.62 bits per heavy atom. The van der Waals surface area contributed by atoms with Crippen molar-refractivity contribution in [2.24, 2.45) is 0 Å². The van der Waals surface area contributed by atoms with E-state index in [-0.39, 0.29) is 6.54 Å². The molecular weight excluding hydrogens is 166 g/mol. The van der Waals surface area contributed by atoms with Crippen LogP contribution < -0.4 is 0 Å². The third-order valence-electron chi connectivity index (χ3n) is 1.94. The van der Waals surface area contributed by atoms with Crippen molar-refractivity contribution in [3.05, 3.63) is 24.0 Å². The average Bonchev–Trinajstić information content (AvgIpc) is 2.46. The largest absolute Gasteiger partial charge is 0.301 e. The highest BCUT2D eigenvalue weighted by Gasteiger charge is 2.05. The molecule has 0 unspecified atom stereocenters. The van der Waals surface area contributed by atoms with Crippen LogP contribution in [0.2, 0.25) is 0 Å². The SMILES string of the molecule is Cc1nn(CC=O)c2ncccc12. The highest BCUT2D eigenvalue weighted by atomic mass is 16.1. The topological polar surface area (TPSA) is 47.8 Å². The molecule has 4 nitrogen and oxygen atoms in total. The van der Waals surface area contributed by atoms with Gasteiger partial charge in [-0.15, -0.1) is 0 Å². The summed E-state index contributed by atoms with van der Waals surface area (Å²) in [5, 5.41) is 5.21. The van der Waals surface area contributed by atoms with Gasteiger partial charge in [0, 0.05) is 11.6 Å². The summed E-state index contributed by atoms with van der Waals surface area (Å²) < 4.78 is 1.61. The molecule has 0 radical (unpaired) electrons. The number of fused-ring (bicyclic) bond motifs is 1. The molecule has 2 aromatic heterocycles. The number of carbonyl (C=O) groups excluding carboxylic acids is 1. The molecule has 0 aliphatic heterocycles. The zero-order chi connectivity index (χ0) is 9.26. The Hall–Kier alpha value is -1.71. The van der Waals surface area contributed by atoms with Gasteiger partial charge in [-0.2, -0.15) is 5.10 Å². The number of aryl methyl sites for hydroxylation is 1. The van der Waals surface area contributed by atoms with Crippen LogP contribution in [0.1, 0.15) is 5.69 Å². The minimum Gasteiger partial charge on any atom is -0.301 e. The second kappa shape index (κ2) is 2.97. The molecule has 0 bridgehead atoms. The lowest BCUT2D eigenvalue weighted by Gasteiger charge is -1.93. The Morgan fingerprint density at radius 2 is 2.46 bits per heavy atom. The second-order valence-electron chi connectivity index (χ2n) is 2.81. The van der Waals surface area contributed by atoms with Crippen LogP contribution in [0.5, 0.6) is 0 Å². The molecule has 0 spiro atoms. The maximum atomic E-state index is 10.3. The number of hydrogen-bond acceptors (Lipinski definition) is 3. The van der Waals surface area contributed by atoms with E-state index in [1.165, 1.54) is 0 Å². The van der Waals surface area contributed by atoms with Gasteiger partial charge in [-0.1, -0.05) is 0 Å². The molecule has 0 saturated heterocycles. The fraction of sp³-hybridized carbons (Fsp3) is 0.222. The summed E-state index contributed by atoms with van der Waals surface area (Å²) in [7, 11) is 0. The molecule has 0 saturated carbocycles. The predicted molar refractivity (Wildman–Crippen MR) is 48.3 cm³/mol. The number of hydrogen-bond donors (Lipinski definition) is 0. The number of aromatic nitrogens is 3. The molecule has 0 aliphatic carbocycles. The molecular formula is C9H9N3O. The Bertz CT molecular complexity index is 447. The summed E-state index contributed by atoms with van der Waals surface area (Å²) in [4.78, 5) is 14.5. The van der Waals surface area contributed by atoms with Crippen LogP contribution in [-0.4, -0.2) is 21.1 Å². The molecule has 2 heterocycles. The summed E-state index contributed by atoms with van der Waals surface area (Å²) in [6.45, 7) is 2.17. The van der Waals surface area contributed by atoms with Crippen LogP contribution in [0.15, 0.2) is 18.3 Å². The Balaban J connectivity index is 2.70. The van der Waals surface area contributed by atoms with Gasteiger partial charge in [0.15, 0.2) is 5.65 Å². The Morgan fingerprint density at radius 3 is 3.23 bits per heavy atom. The second-order valence-corrected chi connectivity index (χ2v) is 2.81. The first-order chi connectivity index (χ1) is 6.33. The van der Waals surface area contributed by atoms with Crippen LogP contribution in [0, 0.1) is 6.92 Å². The molecule has 0 atom stereocenters. The fourth-order valence-corrected chi connectivity index (χ4v) is 1.37. The lowest BCUT2D eigenvalue weighted by molar-refractivity contribution is -0.108. The van der Waals surface area contributed by atoms with E-state index in [9.17, 15) is 4.79 Å². The van der Waals surface area contributed by atoms with Gasteiger partial charge in [-0.25, -0.2) is 9.67 Å². The average molecular weight is 175 g/mol. The molecule has 0 fully saturated rings. The lowest BCUT2D eigenvalue weighted by Crippen LogP contribution is -2.01. The minimum atomic E-state index is 0.265. The summed E-state index contributed by atoms with van der Waals surface area (Å²) in [6, 6.07) is 3.81. The van der Waals surface area contributed by atoms with E-state index in [1.54, 1.807) is 10.9 Å². The van der Waals surface area contributed by atoms with Gasteiger partial charge in [-0.05, 0) is 19.1 Å². The van der Waals surface area contributed by atoms with E-state index in [0.29, 0.717) is 0 Å². The first kappa shape index (κ1) is 7.91. The quantitative estimate of drug-likeness (QED) is 0.638. The van der Waals surface area contributed by atoms with Crippen LogP contribution in [-0.2, 0) is 11.3 Å². The van der Waals surface area contributed by atoms with Crippen molar-refractivity contribution in [1.29, 1.82) is 0 Å². The zero-order valence-corrected chi connectivity index (χ0v) is 7.27. The molecule has 0 aromatic carbocycles. The molecule has 66 valence electrons. The first-order valence-corrected chi connectivity index (χ1v) is 4.04. The Labute approximate surface area is 75.2 Å². The van der Waals surface area contributed by atoms with Crippen LogP contribution in [0.25, 0.3) is 11.0 Å². The summed E-state index contributed by atoms with van der Waals surface area (Å²) in [5.41, 5.74) is 1.68. The smallest absolute Gasteiger partial charge is 0.158 e. The van der Waals surface area contributed by atoms with Crippen molar-refractivity contribution in [1.82, 2.24) is 14.8 Å². The summed E-state index contributed by atoms with van der Waals surface area (Å²) in [5.74, 6) is 0. The highest BCUT2D eigenvalue weighted by Crippen LogP contribution is 2.13. The molecule has 2 aromatic rings. The minimum absolute atomic E-state index is 0.265. The number of aldehydes is 1. The number of nitrogens with zero attached hydrogens (tertiary/aromatic N) is 3. The van der Waals surface area contributed by atoms with E-state index < -0.39 is 0 Å². The van der Waals surface area contributed by atoms with E-state index in [0.717, 1.165) is 23.0 Å². The maximum Gasteiger partial charge on any atom is 0.158 e. The van der Waals surface area contributed by atoms with Gasteiger partial charge in [-0.3, -0.25) is 0 Å². The van der Waals surface area contributed by atoms with Gasteiger partial charge < -0.3 is 4.79 Å². The van der Waals surface area contributed by atoms with E-state index in [4.69, 9.17) is 0 Å². The van der Waals surface area contributed by atoms with E-state index in [2.05, 4.69) is 10.1 Å². The molecule has 2 rings (SSSR count). The van der Waals surface area contributed by atoms with Crippen LogP contribution >= 0.6 is 0 Å². The van der Waals surface area contributed by atoms with Crippen molar-refractivity contribution in [3.8, 4) is 0 Å².